The minimum Gasteiger partial charge on any atom is -0.348 e. The van der Waals surface area contributed by atoms with Crippen LogP contribution in [0.4, 0.5) is 11.4 Å². The highest BCUT2D eigenvalue weighted by molar-refractivity contribution is 7.99. The lowest BCUT2D eigenvalue weighted by Crippen LogP contribution is -2.38. The van der Waals surface area contributed by atoms with Crippen LogP contribution < -0.4 is 16.6 Å². The molecule has 1 fully saturated rings. The van der Waals surface area contributed by atoms with E-state index in [-0.39, 0.29) is 17.3 Å². The SMILES string of the molecule is CSC1CCCC1NC(=O)c1cc(NN)ccc1[N+](=O)[O-]. The van der Waals surface area contributed by atoms with Crippen LogP contribution in [-0.4, -0.2) is 28.4 Å². The van der Waals surface area contributed by atoms with Crippen molar-refractivity contribution >= 4 is 29.0 Å². The molecule has 7 nitrogen and oxygen atoms in total. The number of benzene rings is 1. The molecule has 2 unspecified atom stereocenters. The number of carbonyl (C=O) groups excluding carboxylic acids is 1. The number of nitrogens with zero attached hydrogens (tertiary/aromatic N) is 1. The highest BCUT2D eigenvalue weighted by atomic mass is 32.2. The molecule has 4 N–H and O–H groups in total. The van der Waals surface area contributed by atoms with E-state index < -0.39 is 10.8 Å². The summed E-state index contributed by atoms with van der Waals surface area (Å²) in [7, 11) is 0. The molecular formula is C13H18N4O3S. The first-order chi connectivity index (χ1) is 10.1. The average Bonchev–Trinajstić information content (AvgIpc) is 2.93. The van der Waals surface area contributed by atoms with Crippen LogP contribution in [-0.2, 0) is 0 Å². The molecule has 2 atom stereocenters. The molecular weight excluding hydrogens is 292 g/mol. The molecule has 1 aromatic rings. The molecule has 1 saturated carbocycles. The number of nitrogens with two attached hydrogens (primary N) is 1. The van der Waals surface area contributed by atoms with Crippen LogP contribution >= 0.6 is 11.8 Å². The van der Waals surface area contributed by atoms with Crippen LogP contribution in [0.15, 0.2) is 18.2 Å². The van der Waals surface area contributed by atoms with Crippen molar-refractivity contribution in [1.82, 2.24) is 5.32 Å². The summed E-state index contributed by atoms with van der Waals surface area (Å²) in [6, 6.07) is 4.21. The second-order valence-corrected chi connectivity index (χ2v) is 6.00. The molecule has 2 rings (SSSR count). The number of nitro benzene ring substituents is 1. The van der Waals surface area contributed by atoms with Gasteiger partial charge in [-0.25, -0.2) is 0 Å². The number of anilines is 1. The van der Waals surface area contributed by atoms with Gasteiger partial charge in [-0.3, -0.25) is 20.8 Å². The first-order valence-electron chi connectivity index (χ1n) is 6.65. The molecule has 1 aliphatic carbocycles. The van der Waals surface area contributed by atoms with Gasteiger partial charge < -0.3 is 10.7 Å². The number of carbonyl (C=O) groups is 1. The number of hydrogen-bond acceptors (Lipinski definition) is 6. The Bertz CT molecular complexity index is 552. The molecule has 114 valence electrons. The Morgan fingerprint density at radius 1 is 1.48 bits per heavy atom. The van der Waals surface area contributed by atoms with Crippen molar-refractivity contribution in [1.29, 1.82) is 0 Å². The molecule has 0 radical (unpaired) electrons. The van der Waals surface area contributed by atoms with E-state index in [0.717, 1.165) is 19.3 Å². The molecule has 1 aromatic carbocycles. The number of hydrogen-bond donors (Lipinski definition) is 3. The Morgan fingerprint density at radius 3 is 2.86 bits per heavy atom. The van der Waals surface area contributed by atoms with Crippen molar-refractivity contribution in [2.45, 2.75) is 30.6 Å². The van der Waals surface area contributed by atoms with Gasteiger partial charge in [-0.2, -0.15) is 11.8 Å². The predicted molar refractivity (Wildman–Crippen MR) is 83.3 cm³/mol. The van der Waals surface area contributed by atoms with E-state index in [1.54, 1.807) is 11.8 Å². The third-order valence-electron chi connectivity index (χ3n) is 3.68. The zero-order valence-corrected chi connectivity index (χ0v) is 12.5. The number of amides is 1. The van der Waals surface area contributed by atoms with E-state index >= 15 is 0 Å². The first-order valence-corrected chi connectivity index (χ1v) is 7.94. The van der Waals surface area contributed by atoms with Gasteiger partial charge in [0.25, 0.3) is 11.6 Å². The maximum atomic E-state index is 12.4. The maximum Gasteiger partial charge on any atom is 0.282 e. The zero-order chi connectivity index (χ0) is 15.4. The number of hydrazine groups is 1. The molecule has 0 aromatic heterocycles. The monoisotopic (exact) mass is 310 g/mol. The van der Waals surface area contributed by atoms with Gasteiger partial charge in [0.1, 0.15) is 5.56 Å². The second-order valence-electron chi connectivity index (χ2n) is 4.92. The summed E-state index contributed by atoms with van der Waals surface area (Å²) in [6.07, 6.45) is 5.03. The summed E-state index contributed by atoms with van der Waals surface area (Å²) in [5.41, 5.74) is 2.66. The first kappa shape index (κ1) is 15.6. The summed E-state index contributed by atoms with van der Waals surface area (Å²) in [4.78, 5) is 22.9. The van der Waals surface area contributed by atoms with Crippen LogP contribution in [0.5, 0.6) is 0 Å². The predicted octanol–water partition coefficient (Wildman–Crippen LogP) is 1.89. The average molecular weight is 310 g/mol. The zero-order valence-electron chi connectivity index (χ0n) is 11.7. The molecule has 8 heteroatoms. The normalized spacial score (nSPS) is 21.0. The molecule has 21 heavy (non-hydrogen) atoms. The van der Waals surface area contributed by atoms with Crippen molar-refractivity contribution in [2.75, 3.05) is 11.7 Å². The summed E-state index contributed by atoms with van der Waals surface area (Å²) in [6.45, 7) is 0. The highest BCUT2D eigenvalue weighted by Crippen LogP contribution is 2.29. The molecule has 0 spiro atoms. The van der Waals surface area contributed by atoms with Crippen LogP contribution in [0.25, 0.3) is 0 Å². The standard InChI is InChI=1S/C13H18N4O3S/c1-21-12-4-2-3-10(12)15-13(18)9-7-8(16-14)5-6-11(9)17(19)20/h5-7,10,12,16H,2-4,14H2,1H3,(H,15,18). The van der Waals surface area contributed by atoms with Gasteiger partial charge in [0, 0.05) is 23.0 Å². The van der Waals surface area contributed by atoms with E-state index in [1.165, 1.54) is 18.2 Å². The minimum atomic E-state index is -0.560. The van der Waals surface area contributed by atoms with Crippen molar-refractivity contribution in [2.24, 2.45) is 5.84 Å². The Balaban J connectivity index is 2.23. The fourth-order valence-corrected chi connectivity index (χ4v) is 3.52. The van der Waals surface area contributed by atoms with Gasteiger partial charge in [0.2, 0.25) is 0 Å². The van der Waals surface area contributed by atoms with Gasteiger partial charge >= 0.3 is 0 Å². The van der Waals surface area contributed by atoms with E-state index in [2.05, 4.69) is 10.7 Å². The van der Waals surface area contributed by atoms with Crippen molar-refractivity contribution in [3.63, 3.8) is 0 Å². The number of nitrogen functional groups attached to an aromatic ring is 1. The number of nitro groups is 1. The lowest BCUT2D eigenvalue weighted by Gasteiger charge is -2.19. The molecule has 0 saturated heterocycles. The lowest BCUT2D eigenvalue weighted by molar-refractivity contribution is -0.385. The van der Waals surface area contributed by atoms with E-state index in [0.29, 0.717) is 10.9 Å². The van der Waals surface area contributed by atoms with Crippen molar-refractivity contribution in [3.05, 3.63) is 33.9 Å². The minimum absolute atomic E-state index is 0.0298. The largest absolute Gasteiger partial charge is 0.348 e. The van der Waals surface area contributed by atoms with E-state index in [4.69, 9.17) is 5.84 Å². The van der Waals surface area contributed by atoms with Gasteiger partial charge in [0.15, 0.2) is 0 Å². The number of rotatable bonds is 5. The smallest absolute Gasteiger partial charge is 0.282 e. The molecule has 1 aliphatic rings. The Kier molecular flexibility index (Phi) is 5.03. The van der Waals surface area contributed by atoms with Crippen LogP contribution in [0, 0.1) is 10.1 Å². The molecule has 1 amide bonds. The Morgan fingerprint density at radius 2 is 2.24 bits per heavy atom. The quantitative estimate of drug-likeness (QED) is 0.435. The Hall–Kier alpha value is -1.80. The van der Waals surface area contributed by atoms with E-state index in [1.807, 2.05) is 6.26 Å². The van der Waals surface area contributed by atoms with Gasteiger partial charge in [-0.15, -0.1) is 0 Å². The van der Waals surface area contributed by atoms with Gasteiger partial charge in [0.05, 0.1) is 4.92 Å². The fourth-order valence-electron chi connectivity index (χ4n) is 2.59. The van der Waals surface area contributed by atoms with Crippen LogP contribution in [0.3, 0.4) is 0 Å². The van der Waals surface area contributed by atoms with Crippen molar-refractivity contribution in [3.8, 4) is 0 Å². The van der Waals surface area contributed by atoms with Crippen LogP contribution in [0.1, 0.15) is 29.6 Å². The molecule has 0 heterocycles. The maximum absolute atomic E-state index is 12.4. The third kappa shape index (κ3) is 3.45. The number of nitrogens with one attached hydrogen (secondary N) is 2. The van der Waals surface area contributed by atoms with E-state index in [9.17, 15) is 14.9 Å². The van der Waals surface area contributed by atoms with Crippen LogP contribution in [0.2, 0.25) is 0 Å². The lowest BCUT2D eigenvalue weighted by atomic mass is 10.1. The van der Waals surface area contributed by atoms with Gasteiger partial charge in [-0.1, -0.05) is 6.42 Å². The van der Waals surface area contributed by atoms with Crippen molar-refractivity contribution < 1.29 is 9.72 Å². The topological polar surface area (TPSA) is 110 Å². The number of thioether (sulfide) groups is 1. The highest BCUT2D eigenvalue weighted by Gasteiger charge is 2.30. The fraction of sp³-hybridized carbons (Fsp3) is 0.462. The third-order valence-corrected chi connectivity index (χ3v) is 4.85. The summed E-state index contributed by atoms with van der Waals surface area (Å²) < 4.78 is 0. The molecule has 0 bridgehead atoms. The molecule has 0 aliphatic heterocycles. The summed E-state index contributed by atoms with van der Waals surface area (Å²) >= 11 is 1.71. The second kappa shape index (κ2) is 6.77. The Labute approximate surface area is 126 Å². The van der Waals surface area contributed by atoms with Gasteiger partial charge in [-0.05, 0) is 31.2 Å². The summed E-state index contributed by atoms with van der Waals surface area (Å²) in [5, 5.41) is 14.3. The summed E-state index contributed by atoms with van der Waals surface area (Å²) in [5.74, 6) is 4.87.